The molecule has 112 valence electrons. The fourth-order valence-electron chi connectivity index (χ4n) is 2.18. The molecule has 1 heterocycles. The van der Waals surface area contributed by atoms with Gasteiger partial charge >= 0.3 is 0 Å². The number of rotatable bonds is 7. The van der Waals surface area contributed by atoms with Crippen LogP contribution in [0.5, 0.6) is 5.75 Å². The maximum absolute atomic E-state index is 5.97. The van der Waals surface area contributed by atoms with Crippen LogP contribution in [0.4, 0.5) is 0 Å². The molecule has 0 amide bonds. The Bertz CT molecular complexity index is 557. The predicted octanol–water partition coefficient (Wildman–Crippen LogP) is 4.22. The van der Waals surface area contributed by atoms with E-state index in [1.54, 1.807) is 6.20 Å². The van der Waals surface area contributed by atoms with Crippen LogP contribution in [-0.2, 0) is 0 Å². The van der Waals surface area contributed by atoms with E-state index >= 15 is 0 Å². The van der Waals surface area contributed by atoms with E-state index in [4.69, 9.17) is 16.3 Å². The molecule has 1 unspecified atom stereocenters. The zero-order chi connectivity index (χ0) is 15.1. The molecular formula is C17H21ClN2O. The summed E-state index contributed by atoms with van der Waals surface area (Å²) >= 11 is 5.97. The van der Waals surface area contributed by atoms with Crippen molar-refractivity contribution in [3.63, 3.8) is 0 Å². The molecule has 0 radical (unpaired) electrons. The lowest BCUT2D eigenvalue weighted by atomic mass is 10.00. The van der Waals surface area contributed by atoms with Gasteiger partial charge in [0.25, 0.3) is 0 Å². The van der Waals surface area contributed by atoms with Gasteiger partial charge in [0.15, 0.2) is 0 Å². The zero-order valence-corrected chi connectivity index (χ0v) is 13.2. The summed E-state index contributed by atoms with van der Waals surface area (Å²) in [5, 5.41) is 4.22. The summed E-state index contributed by atoms with van der Waals surface area (Å²) in [5.41, 5.74) is 2.25. The molecule has 4 heteroatoms. The van der Waals surface area contributed by atoms with Crippen molar-refractivity contribution in [1.82, 2.24) is 10.3 Å². The Morgan fingerprint density at radius 2 is 1.90 bits per heavy atom. The number of nitrogens with zero attached hydrogens (tertiary/aromatic N) is 1. The minimum absolute atomic E-state index is 0.0879. The standard InChI is InChI=1S/C17H21ClN2O/c1-3-9-21-16-10-14(11-19-12-16)17(20-4-2)13-5-7-15(18)8-6-13/h5-8,10-12,17,20H,3-4,9H2,1-2H3. The van der Waals surface area contributed by atoms with Crippen molar-refractivity contribution in [2.75, 3.05) is 13.2 Å². The third-order valence-corrected chi connectivity index (χ3v) is 3.40. The van der Waals surface area contributed by atoms with Crippen LogP contribution in [0.3, 0.4) is 0 Å². The summed E-state index contributed by atoms with van der Waals surface area (Å²) in [5.74, 6) is 0.811. The molecule has 1 aromatic carbocycles. The Labute approximate surface area is 131 Å². The highest BCUT2D eigenvalue weighted by Crippen LogP contribution is 2.25. The van der Waals surface area contributed by atoms with E-state index < -0.39 is 0 Å². The van der Waals surface area contributed by atoms with Crippen molar-refractivity contribution in [1.29, 1.82) is 0 Å². The average Bonchev–Trinajstić information content (AvgIpc) is 2.52. The quantitative estimate of drug-likeness (QED) is 0.831. The van der Waals surface area contributed by atoms with Crippen LogP contribution in [0, 0.1) is 0 Å². The number of nitrogens with one attached hydrogen (secondary N) is 1. The highest BCUT2D eigenvalue weighted by molar-refractivity contribution is 6.30. The molecule has 0 bridgehead atoms. The number of aromatic nitrogens is 1. The normalized spacial score (nSPS) is 12.1. The molecule has 21 heavy (non-hydrogen) atoms. The second-order valence-corrected chi connectivity index (χ2v) is 5.28. The molecule has 1 atom stereocenters. The van der Waals surface area contributed by atoms with Crippen LogP contribution in [-0.4, -0.2) is 18.1 Å². The summed E-state index contributed by atoms with van der Waals surface area (Å²) in [6.45, 7) is 5.76. The van der Waals surface area contributed by atoms with Gasteiger partial charge < -0.3 is 10.1 Å². The van der Waals surface area contributed by atoms with E-state index in [2.05, 4.69) is 24.1 Å². The minimum Gasteiger partial charge on any atom is -0.492 e. The fourth-order valence-corrected chi connectivity index (χ4v) is 2.31. The molecule has 1 N–H and O–H groups in total. The van der Waals surface area contributed by atoms with Gasteiger partial charge in [-0.25, -0.2) is 0 Å². The number of pyridine rings is 1. The molecule has 2 rings (SSSR count). The monoisotopic (exact) mass is 304 g/mol. The molecule has 0 aliphatic rings. The van der Waals surface area contributed by atoms with Gasteiger partial charge in [-0.2, -0.15) is 0 Å². The zero-order valence-electron chi connectivity index (χ0n) is 12.5. The molecule has 3 nitrogen and oxygen atoms in total. The van der Waals surface area contributed by atoms with Gasteiger partial charge in [-0.3, -0.25) is 4.98 Å². The second-order valence-electron chi connectivity index (χ2n) is 4.84. The first-order valence-electron chi connectivity index (χ1n) is 7.31. The van der Waals surface area contributed by atoms with E-state index in [0.29, 0.717) is 6.61 Å². The van der Waals surface area contributed by atoms with Crippen molar-refractivity contribution >= 4 is 11.6 Å². The molecule has 2 aromatic rings. The second kappa shape index (κ2) is 8.01. The largest absolute Gasteiger partial charge is 0.492 e. The lowest BCUT2D eigenvalue weighted by Crippen LogP contribution is -2.22. The van der Waals surface area contributed by atoms with Crippen LogP contribution in [0.25, 0.3) is 0 Å². The first kappa shape index (κ1) is 15.8. The van der Waals surface area contributed by atoms with Crippen LogP contribution in [0.1, 0.15) is 37.4 Å². The lowest BCUT2D eigenvalue weighted by Gasteiger charge is -2.19. The topological polar surface area (TPSA) is 34.1 Å². The molecule has 0 aliphatic carbocycles. The third-order valence-electron chi connectivity index (χ3n) is 3.15. The molecule has 1 aromatic heterocycles. The Kier molecular flexibility index (Phi) is 6.03. The van der Waals surface area contributed by atoms with Crippen LogP contribution in [0.2, 0.25) is 5.02 Å². The van der Waals surface area contributed by atoms with Crippen molar-refractivity contribution in [3.8, 4) is 5.75 Å². The average molecular weight is 305 g/mol. The Balaban J connectivity index is 2.27. The van der Waals surface area contributed by atoms with E-state index in [1.807, 2.05) is 36.5 Å². The first-order valence-corrected chi connectivity index (χ1v) is 7.69. The summed E-state index contributed by atoms with van der Waals surface area (Å²) in [7, 11) is 0. The summed E-state index contributed by atoms with van der Waals surface area (Å²) in [6, 6.07) is 10.0. The number of benzene rings is 1. The lowest BCUT2D eigenvalue weighted by molar-refractivity contribution is 0.315. The van der Waals surface area contributed by atoms with Gasteiger partial charge in [0.1, 0.15) is 5.75 Å². The van der Waals surface area contributed by atoms with Crippen LogP contribution >= 0.6 is 11.6 Å². The van der Waals surface area contributed by atoms with E-state index in [0.717, 1.165) is 34.9 Å². The highest BCUT2D eigenvalue weighted by atomic mass is 35.5. The number of hydrogen-bond acceptors (Lipinski definition) is 3. The van der Waals surface area contributed by atoms with E-state index in [9.17, 15) is 0 Å². The number of ether oxygens (including phenoxy) is 1. The van der Waals surface area contributed by atoms with Gasteiger partial charge in [-0.05, 0) is 42.3 Å². The van der Waals surface area contributed by atoms with Crippen molar-refractivity contribution in [2.45, 2.75) is 26.3 Å². The smallest absolute Gasteiger partial charge is 0.137 e. The summed E-state index contributed by atoms with van der Waals surface area (Å²) < 4.78 is 5.67. The third kappa shape index (κ3) is 4.45. The SMILES string of the molecule is CCCOc1cncc(C(NCC)c2ccc(Cl)cc2)c1. The van der Waals surface area contributed by atoms with Crippen molar-refractivity contribution in [3.05, 3.63) is 58.9 Å². The van der Waals surface area contributed by atoms with Gasteiger partial charge in [-0.1, -0.05) is 37.6 Å². The van der Waals surface area contributed by atoms with E-state index in [1.165, 1.54) is 0 Å². The predicted molar refractivity (Wildman–Crippen MR) is 87.0 cm³/mol. The fraction of sp³-hybridized carbons (Fsp3) is 0.353. The van der Waals surface area contributed by atoms with Crippen molar-refractivity contribution < 1.29 is 4.74 Å². The Morgan fingerprint density at radius 1 is 1.14 bits per heavy atom. The van der Waals surface area contributed by atoms with Crippen molar-refractivity contribution in [2.24, 2.45) is 0 Å². The molecule has 0 fully saturated rings. The number of hydrogen-bond donors (Lipinski definition) is 1. The minimum atomic E-state index is 0.0879. The summed E-state index contributed by atoms with van der Waals surface area (Å²) in [4.78, 5) is 4.29. The van der Waals surface area contributed by atoms with Gasteiger partial charge in [-0.15, -0.1) is 0 Å². The molecule has 0 saturated carbocycles. The van der Waals surface area contributed by atoms with Crippen LogP contribution < -0.4 is 10.1 Å². The van der Waals surface area contributed by atoms with E-state index in [-0.39, 0.29) is 6.04 Å². The molecule has 0 saturated heterocycles. The highest BCUT2D eigenvalue weighted by Gasteiger charge is 2.14. The van der Waals surface area contributed by atoms with Crippen LogP contribution in [0.15, 0.2) is 42.7 Å². The number of halogens is 1. The Hall–Kier alpha value is -1.58. The molecular weight excluding hydrogens is 284 g/mol. The first-order chi connectivity index (χ1) is 10.2. The maximum atomic E-state index is 5.97. The molecule has 0 spiro atoms. The van der Waals surface area contributed by atoms with Gasteiger partial charge in [0, 0.05) is 11.2 Å². The summed E-state index contributed by atoms with van der Waals surface area (Å²) in [6.07, 6.45) is 4.61. The van der Waals surface area contributed by atoms with Gasteiger partial charge in [0.2, 0.25) is 0 Å². The maximum Gasteiger partial charge on any atom is 0.137 e. The molecule has 0 aliphatic heterocycles. The Morgan fingerprint density at radius 3 is 2.57 bits per heavy atom. The van der Waals surface area contributed by atoms with Gasteiger partial charge in [0.05, 0.1) is 18.8 Å².